The van der Waals surface area contributed by atoms with Crippen molar-refractivity contribution in [2.24, 2.45) is 11.3 Å². The number of rotatable bonds is 2. The zero-order valence-electron chi connectivity index (χ0n) is 9.85. The van der Waals surface area contributed by atoms with Gasteiger partial charge in [0.1, 0.15) is 4.33 Å². The first-order valence-electron chi connectivity index (χ1n) is 6.04. The molecule has 0 spiro atoms. The van der Waals surface area contributed by atoms with Crippen molar-refractivity contribution in [3.63, 3.8) is 0 Å². The molecule has 0 saturated heterocycles. The number of carbonyl (C=O) groups excluding carboxylic acids is 1. The summed E-state index contributed by atoms with van der Waals surface area (Å²) < 4.78 is -0.850. The van der Waals surface area contributed by atoms with Gasteiger partial charge >= 0.3 is 0 Å². The maximum absolute atomic E-state index is 12.0. The SMILES string of the molecule is C[C@@H]1CCC[C@H](NC(=O)[C@]2(C)CC2(Cl)Cl)C1. The lowest BCUT2D eigenvalue weighted by Gasteiger charge is -2.28. The Balaban J connectivity index is 1.88. The third kappa shape index (κ3) is 2.19. The van der Waals surface area contributed by atoms with Crippen molar-refractivity contribution in [1.82, 2.24) is 5.32 Å². The van der Waals surface area contributed by atoms with Gasteiger partial charge in [-0.3, -0.25) is 4.79 Å². The van der Waals surface area contributed by atoms with Crippen molar-refractivity contribution >= 4 is 29.1 Å². The third-order valence-electron chi connectivity index (χ3n) is 4.03. The molecule has 2 fully saturated rings. The Kier molecular flexibility index (Phi) is 3.17. The average molecular weight is 264 g/mol. The largest absolute Gasteiger partial charge is 0.353 e. The van der Waals surface area contributed by atoms with Crippen LogP contribution >= 0.6 is 23.2 Å². The van der Waals surface area contributed by atoms with Crippen LogP contribution in [0.5, 0.6) is 0 Å². The molecule has 2 nitrogen and oxygen atoms in total. The third-order valence-corrected chi connectivity index (χ3v) is 5.13. The molecular formula is C12H19Cl2NO. The van der Waals surface area contributed by atoms with E-state index in [2.05, 4.69) is 12.2 Å². The minimum atomic E-state index is -0.850. The van der Waals surface area contributed by atoms with Crippen molar-refractivity contribution in [3.8, 4) is 0 Å². The molecule has 4 heteroatoms. The number of alkyl halides is 2. The highest BCUT2D eigenvalue weighted by molar-refractivity contribution is 6.53. The van der Waals surface area contributed by atoms with Crippen molar-refractivity contribution in [3.05, 3.63) is 0 Å². The Morgan fingerprint density at radius 1 is 1.38 bits per heavy atom. The molecule has 0 aromatic rings. The summed E-state index contributed by atoms with van der Waals surface area (Å²) in [4.78, 5) is 12.0. The number of halogens is 2. The molecule has 0 aliphatic heterocycles. The van der Waals surface area contributed by atoms with Crippen LogP contribution in [0.4, 0.5) is 0 Å². The first-order valence-corrected chi connectivity index (χ1v) is 6.79. The first kappa shape index (κ1) is 12.5. The molecule has 0 heterocycles. The molecule has 2 saturated carbocycles. The van der Waals surface area contributed by atoms with E-state index in [0.717, 1.165) is 12.8 Å². The van der Waals surface area contributed by atoms with E-state index in [1.54, 1.807) is 0 Å². The molecular weight excluding hydrogens is 245 g/mol. The zero-order chi connectivity index (χ0) is 12.0. The van der Waals surface area contributed by atoms with Crippen LogP contribution in [-0.2, 0) is 4.79 Å². The molecule has 1 amide bonds. The molecule has 2 aliphatic rings. The van der Waals surface area contributed by atoms with Crippen molar-refractivity contribution in [2.75, 3.05) is 0 Å². The molecule has 92 valence electrons. The number of hydrogen-bond acceptors (Lipinski definition) is 1. The maximum Gasteiger partial charge on any atom is 0.229 e. The fourth-order valence-electron chi connectivity index (χ4n) is 2.56. The molecule has 1 N–H and O–H groups in total. The number of carbonyl (C=O) groups is 1. The second-order valence-corrected chi connectivity index (χ2v) is 7.14. The topological polar surface area (TPSA) is 29.1 Å². The summed E-state index contributed by atoms with van der Waals surface area (Å²) >= 11 is 12.0. The molecule has 16 heavy (non-hydrogen) atoms. The van der Waals surface area contributed by atoms with Gasteiger partial charge in [-0.25, -0.2) is 0 Å². The van der Waals surface area contributed by atoms with Crippen LogP contribution < -0.4 is 5.32 Å². The van der Waals surface area contributed by atoms with E-state index in [-0.39, 0.29) is 5.91 Å². The molecule has 0 aromatic carbocycles. The molecule has 0 unspecified atom stereocenters. The standard InChI is InChI=1S/C12H19Cl2NO/c1-8-4-3-5-9(6-8)15-10(16)11(2)7-12(11,13)14/h8-9H,3-7H2,1-2H3,(H,15,16)/t8-,9+,11+/m1/s1. The Hall–Kier alpha value is 0.0500. The molecule has 2 rings (SSSR count). The van der Waals surface area contributed by atoms with Crippen molar-refractivity contribution in [1.29, 1.82) is 0 Å². The highest BCUT2D eigenvalue weighted by Gasteiger charge is 2.68. The van der Waals surface area contributed by atoms with E-state index < -0.39 is 9.75 Å². The summed E-state index contributed by atoms with van der Waals surface area (Å²) in [5.74, 6) is 0.736. The number of nitrogens with one attached hydrogen (secondary N) is 1. The van der Waals surface area contributed by atoms with Crippen LogP contribution in [-0.4, -0.2) is 16.3 Å². The van der Waals surface area contributed by atoms with Crippen LogP contribution in [0.25, 0.3) is 0 Å². The van der Waals surface area contributed by atoms with Gasteiger partial charge in [0.2, 0.25) is 5.91 Å². The fourth-order valence-corrected chi connectivity index (χ4v) is 3.26. The van der Waals surface area contributed by atoms with Crippen LogP contribution in [0.15, 0.2) is 0 Å². The van der Waals surface area contributed by atoms with E-state index in [1.807, 2.05) is 6.92 Å². The summed E-state index contributed by atoms with van der Waals surface area (Å²) in [5.41, 5.74) is -0.573. The summed E-state index contributed by atoms with van der Waals surface area (Å²) in [6.07, 6.45) is 5.22. The number of amides is 1. The van der Waals surface area contributed by atoms with Gasteiger partial charge in [-0.2, -0.15) is 0 Å². The molecule has 2 aliphatic carbocycles. The van der Waals surface area contributed by atoms with E-state index in [0.29, 0.717) is 18.4 Å². The Labute approximate surface area is 107 Å². The maximum atomic E-state index is 12.0. The Bertz CT molecular complexity index is 305. The van der Waals surface area contributed by atoms with E-state index in [9.17, 15) is 4.79 Å². The van der Waals surface area contributed by atoms with Crippen LogP contribution in [0, 0.1) is 11.3 Å². The molecule has 0 bridgehead atoms. The predicted molar refractivity (Wildman–Crippen MR) is 66.7 cm³/mol. The lowest BCUT2D eigenvalue weighted by Crippen LogP contribution is -2.42. The summed E-state index contributed by atoms with van der Waals surface area (Å²) in [6.45, 7) is 4.08. The average Bonchev–Trinajstić information content (AvgIpc) is 2.67. The van der Waals surface area contributed by atoms with Gasteiger partial charge in [0.25, 0.3) is 0 Å². The second kappa shape index (κ2) is 4.06. The molecule has 0 radical (unpaired) electrons. The van der Waals surface area contributed by atoms with Gasteiger partial charge in [0.05, 0.1) is 5.41 Å². The minimum Gasteiger partial charge on any atom is -0.353 e. The van der Waals surface area contributed by atoms with Crippen molar-refractivity contribution < 1.29 is 4.79 Å². The summed E-state index contributed by atoms with van der Waals surface area (Å²) in [6, 6.07) is 0.317. The first-order chi connectivity index (χ1) is 7.35. The van der Waals surface area contributed by atoms with Crippen LogP contribution in [0.1, 0.15) is 46.0 Å². The summed E-state index contributed by atoms with van der Waals surface area (Å²) in [7, 11) is 0. The smallest absolute Gasteiger partial charge is 0.229 e. The van der Waals surface area contributed by atoms with Gasteiger partial charge in [-0.1, -0.05) is 19.8 Å². The van der Waals surface area contributed by atoms with E-state index in [1.165, 1.54) is 12.8 Å². The Morgan fingerprint density at radius 3 is 2.50 bits per heavy atom. The predicted octanol–water partition coefficient (Wildman–Crippen LogP) is 3.27. The quantitative estimate of drug-likeness (QED) is 0.762. The van der Waals surface area contributed by atoms with E-state index in [4.69, 9.17) is 23.2 Å². The van der Waals surface area contributed by atoms with Gasteiger partial charge in [0, 0.05) is 6.04 Å². The summed E-state index contributed by atoms with van der Waals surface area (Å²) in [5, 5.41) is 3.10. The molecule has 3 atom stereocenters. The van der Waals surface area contributed by atoms with Crippen LogP contribution in [0.3, 0.4) is 0 Å². The van der Waals surface area contributed by atoms with Crippen molar-refractivity contribution in [2.45, 2.75) is 56.3 Å². The Morgan fingerprint density at radius 2 is 2.00 bits per heavy atom. The lowest BCUT2D eigenvalue weighted by atomic mass is 9.87. The van der Waals surface area contributed by atoms with Gasteiger partial charge < -0.3 is 5.32 Å². The zero-order valence-corrected chi connectivity index (χ0v) is 11.4. The van der Waals surface area contributed by atoms with Crippen LogP contribution in [0.2, 0.25) is 0 Å². The molecule has 0 aromatic heterocycles. The normalized spacial score (nSPS) is 41.5. The fraction of sp³-hybridized carbons (Fsp3) is 0.917. The monoisotopic (exact) mass is 263 g/mol. The minimum absolute atomic E-state index is 0.0246. The lowest BCUT2D eigenvalue weighted by molar-refractivity contribution is -0.126. The van der Waals surface area contributed by atoms with Gasteiger partial charge in [-0.15, -0.1) is 23.2 Å². The van der Waals surface area contributed by atoms with Gasteiger partial charge in [0.15, 0.2) is 0 Å². The second-order valence-electron chi connectivity index (χ2n) is 5.66. The number of hydrogen-bond donors (Lipinski definition) is 1. The highest BCUT2D eigenvalue weighted by Crippen LogP contribution is 2.63. The highest BCUT2D eigenvalue weighted by atomic mass is 35.5. The van der Waals surface area contributed by atoms with Gasteiger partial charge in [-0.05, 0) is 32.1 Å². The van der Waals surface area contributed by atoms with E-state index >= 15 is 0 Å².